The van der Waals surface area contributed by atoms with Gasteiger partial charge < -0.3 is 10.2 Å². The van der Waals surface area contributed by atoms with Gasteiger partial charge in [0.1, 0.15) is 7.05 Å². The number of halogens is 6. The van der Waals surface area contributed by atoms with Crippen molar-refractivity contribution < 1.29 is 34.6 Å². The van der Waals surface area contributed by atoms with E-state index >= 15 is 0 Å². The number of unbranched alkanes of at least 4 members (excludes halogenated alkanes) is 2. The van der Waals surface area contributed by atoms with Crippen LogP contribution in [0.5, 0.6) is 0 Å². The summed E-state index contributed by atoms with van der Waals surface area (Å²) in [5.41, 5.74) is 9.58. The molecular weight excluding hydrogens is 763 g/mol. The van der Waals surface area contributed by atoms with Crippen molar-refractivity contribution in [1.29, 1.82) is 0 Å². The van der Waals surface area contributed by atoms with Crippen molar-refractivity contribution in [2.75, 3.05) is 18.5 Å². The fourth-order valence-corrected chi connectivity index (χ4v) is 7.23. The molecule has 0 atom stereocenters. The Morgan fingerprint density at radius 1 is 0.772 bits per heavy atom. The molecule has 0 aliphatic carbocycles. The number of aryl methyl sites for hydroxylation is 1. The monoisotopic (exact) mass is 811 g/mol. The first-order valence-electron chi connectivity index (χ1n) is 18.6. The topological polar surface area (TPSA) is 86.9 Å². The van der Waals surface area contributed by atoms with Crippen LogP contribution in [0.4, 0.5) is 36.6 Å². The molecule has 1 N–H and O–H groups in total. The first-order valence-corrected chi connectivity index (χ1v) is 20.6. The van der Waals surface area contributed by atoms with Gasteiger partial charge in [0.05, 0.1) is 5.41 Å². The summed E-state index contributed by atoms with van der Waals surface area (Å²) in [6.07, 6.45) is 14.3. The van der Waals surface area contributed by atoms with Crippen molar-refractivity contribution in [2.45, 2.75) is 77.7 Å². The molecule has 8 nitrogen and oxygen atoms in total. The predicted octanol–water partition coefficient (Wildman–Crippen LogP) is 11.3. The number of aromatic nitrogens is 4. The van der Waals surface area contributed by atoms with E-state index in [-0.39, 0.29) is 16.7 Å². The minimum atomic E-state index is -10.7. The van der Waals surface area contributed by atoms with Gasteiger partial charge in [-0.3, -0.25) is 4.79 Å². The second-order valence-corrected chi connectivity index (χ2v) is 17.1. The Kier molecular flexibility index (Phi) is 12.0. The minimum absolute atomic E-state index is 0.0398. The summed E-state index contributed by atoms with van der Waals surface area (Å²) in [6, 6.07) is 25.2. The van der Waals surface area contributed by atoms with E-state index in [0.29, 0.717) is 24.6 Å². The Bertz CT molecular complexity index is 2200. The SMILES string of the molecule is Cc1nnc(-c2ccc(CNC(=O)CCCCCN3/C(=C/C=C/C=C\C4=[N+](C)c5ccccc5C4(C)C)C(C)(C)c4ccccc43)cc2)nn1.F[P-](F)(F)(F)(F)F. The van der Waals surface area contributed by atoms with Crippen LogP contribution in [0.1, 0.15) is 75.9 Å². The van der Waals surface area contributed by atoms with E-state index < -0.39 is 7.81 Å². The number of fused-ring (bicyclic) bond motifs is 2. The number of benzene rings is 3. The molecule has 0 saturated heterocycles. The van der Waals surface area contributed by atoms with Crippen LogP contribution < -0.4 is 10.2 Å². The number of nitrogens with one attached hydrogen (secondary N) is 1. The maximum absolute atomic E-state index is 12.6. The molecule has 6 rings (SSSR count). The van der Waals surface area contributed by atoms with Crippen LogP contribution in [0, 0.1) is 6.92 Å². The Morgan fingerprint density at radius 2 is 1.39 bits per heavy atom. The fourth-order valence-electron chi connectivity index (χ4n) is 7.23. The van der Waals surface area contributed by atoms with E-state index in [2.05, 4.69) is 149 Å². The van der Waals surface area contributed by atoms with Gasteiger partial charge in [-0.2, -0.15) is 4.58 Å². The molecule has 0 saturated carbocycles. The summed E-state index contributed by atoms with van der Waals surface area (Å²) in [5, 5.41) is 19.2. The third-order valence-electron chi connectivity index (χ3n) is 10.0. The van der Waals surface area contributed by atoms with Crippen molar-refractivity contribution in [3.8, 4) is 11.4 Å². The summed E-state index contributed by atoms with van der Waals surface area (Å²) in [4.78, 5) is 15.1. The van der Waals surface area contributed by atoms with Gasteiger partial charge in [0, 0.05) is 59.6 Å². The van der Waals surface area contributed by atoms with Crippen molar-refractivity contribution in [1.82, 2.24) is 25.7 Å². The average molecular weight is 812 g/mol. The molecular formula is C42H48F6N7OP. The summed E-state index contributed by atoms with van der Waals surface area (Å²) in [6.45, 7) is 12.4. The summed E-state index contributed by atoms with van der Waals surface area (Å²) in [5.74, 6) is 1.10. The van der Waals surface area contributed by atoms with E-state index in [1.807, 2.05) is 24.3 Å². The van der Waals surface area contributed by atoms with Crippen LogP contribution in [-0.4, -0.2) is 50.2 Å². The predicted molar refractivity (Wildman–Crippen MR) is 215 cm³/mol. The number of nitrogens with zero attached hydrogens (tertiary/aromatic N) is 6. The van der Waals surface area contributed by atoms with Gasteiger partial charge >= 0.3 is 33.0 Å². The number of rotatable bonds is 12. The van der Waals surface area contributed by atoms with Crippen molar-refractivity contribution >= 4 is 30.8 Å². The normalized spacial score (nSPS) is 17.6. The zero-order valence-electron chi connectivity index (χ0n) is 32.9. The number of para-hydroxylation sites is 2. The van der Waals surface area contributed by atoms with Gasteiger partial charge in [0.15, 0.2) is 11.5 Å². The first kappa shape index (κ1) is 42.9. The van der Waals surface area contributed by atoms with Crippen LogP contribution in [-0.2, 0) is 22.2 Å². The third kappa shape index (κ3) is 11.7. The molecule has 0 bridgehead atoms. The molecule has 15 heteroatoms. The number of hydrogen-bond acceptors (Lipinski definition) is 6. The zero-order chi connectivity index (χ0) is 41.7. The average Bonchev–Trinajstić information content (AvgIpc) is 3.47. The number of hydrogen-bond donors (Lipinski definition) is 1. The molecule has 0 spiro atoms. The molecule has 304 valence electrons. The Morgan fingerprint density at radius 3 is 2.04 bits per heavy atom. The van der Waals surface area contributed by atoms with Gasteiger partial charge in [0.2, 0.25) is 17.4 Å². The van der Waals surface area contributed by atoms with E-state index in [1.54, 1.807) is 6.92 Å². The first-order chi connectivity index (χ1) is 26.5. The van der Waals surface area contributed by atoms with Crippen LogP contribution >= 0.6 is 7.81 Å². The second kappa shape index (κ2) is 16.0. The van der Waals surface area contributed by atoms with Crippen molar-refractivity contribution in [3.63, 3.8) is 0 Å². The fraction of sp³-hybridized carbons (Fsp3) is 0.333. The Balaban J connectivity index is 0.000000811. The van der Waals surface area contributed by atoms with E-state index in [0.717, 1.165) is 36.9 Å². The summed E-state index contributed by atoms with van der Waals surface area (Å²) >= 11 is 0. The van der Waals surface area contributed by atoms with E-state index in [9.17, 15) is 30.0 Å². The number of anilines is 1. The van der Waals surface area contributed by atoms with Crippen LogP contribution in [0.2, 0.25) is 0 Å². The van der Waals surface area contributed by atoms with Gasteiger partial charge in [0.25, 0.3) is 0 Å². The molecule has 2 aliphatic heterocycles. The van der Waals surface area contributed by atoms with Gasteiger partial charge in [-0.1, -0.05) is 99.2 Å². The summed E-state index contributed by atoms with van der Waals surface area (Å²) in [7, 11) is -8.50. The number of amides is 1. The molecule has 1 amide bonds. The van der Waals surface area contributed by atoms with E-state index in [4.69, 9.17) is 0 Å². The number of allylic oxidation sites excluding steroid dienone is 6. The van der Waals surface area contributed by atoms with Crippen LogP contribution in [0.15, 0.2) is 109 Å². The molecule has 57 heavy (non-hydrogen) atoms. The van der Waals surface area contributed by atoms with Crippen molar-refractivity contribution in [2.24, 2.45) is 0 Å². The van der Waals surface area contributed by atoms with E-state index in [1.165, 1.54) is 33.9 Å². The number of carbonyl (C=O) groups excluding carboxylic acids is 1. The molecule has 2 aliphatic rings. The van der Waals surface area contributed by atoms with Gasteiger partial charge in [-0.25, -0.2) is 0 Å². The Labute approximate surface area is 329 Å². The molecule has 0 unspecified atom stereocenters. The standard InChI is InChI=1S/C42H47N7O.F6P/c1-30-44-46-40(47-45-30)32-26-24-31(25-27-32)29-43-39(50)23-11-8-16-28-49-36-20-15-13-18-34(36)42(4,5)38(49)22-10-7-9-21-37-41(2,3)33-17-12-14-19-35(33)48(37)6;1-7(2,3,4,5)6/h7,9-10,12-15,17-22,24-27H,8,11,16,23,28-29H2,1-6H3;/q;-1/p+1. The molecule has 3 aromatic carbocycles. The third-order valence-corrected chi connectivity index (χ3v) is 10.0. The summed E-state index contributed by atoms with van der Waals surface area (Å²) < 4.78 is 61.5. The molecule has 0 radical (unpaired) electrons. The second-order valence-electron chi connectivity index (χ2n) is 15.2. The molecule has 4 aromatic rings. The van der Waals surface area contributed by atoms with Crippen LogP contribution in [0.25, 0.3) is 11.4 Å². The number of carbonyl (C=O) groups is 1. The Hall–Kier alpha value is -5.23. The van der Waals surface area contributed by atoms with Crippen molar-refractivity contribution in [3.05, 3.63) is 131 Å². The molecule has 3 heterocycles. The van der Waals surface area contributed by atoms with Gasteiger partial charge in [-0.15, -0.1) is 20.4 Å². The van der Waals surface area contributed by atoms with Crippen LogP contribution in [0.3, 0.4) is 0 Å². The molecule has 0 fully saturated rings. The van der Waals surface area contributed by atoms with Gasteiger partial charge in [-0.05, 0) is 56.9 Å². The maximum atomic E-state index is 12.6. The zero-order valence-corrected chi connectivity index (χ0v) is 33.8. The quantitative estimate of drug-likeness (QED) is 0.0504. The molecule has 1 aromatic heterocycles.